The Morgan fingerprint density at radius 3 is 2.50 bits per heavy atom. The number of rotatable bonds is 6. The van der Waals surface area contributed by atoms with Crippen LogP contribution in [0.2, 0.25) is 0 Å². The summed E-state index contributed by atoms with van der Waals surface area (Å²) in [6, 6.07) is 22.2. The maximum absolute atomic E-state index is 6.00. The van der Waals surface area contributed by atoms with Crippen LogP contribution in [0, 0.1) is 0 Å². The van der Waals surface area contributed by atoms with Crippen LogP contribution in [0.25, 0.3) is 6.08 Å². The first-order valence-electron chi connectivity index (χ1n) is 7.73. The van der Waals surface area contributed by atoms with E-state index in [4.69, 9.17) is 5.73 Å². The summed E-state index contributed by atoms with van der Waals surface area (Å²) in [6.45, 7) is 0.772. The van der Waals surface area contributed by atoms with Gasteiger partial charge in [0.1, 0.15) is 5.84 Å². The van der Waals surface area contributed by atoms with E-state index < -0.39 is 0 Å². The van der Waals surface area contributed by atoms with Gasteiger partial charge in [0.2, 0.25) is 0 Å². The number of nitrogens with zero attached hydrogens (tertiary/aromatic N) is 1. The van der Waals surface area contributed by atoms with Gasteiger partial charge in [-0.1, -0.05) is 48.5 Å². The Morgan fingerprint density at radius 2 is 1.79 bits per heavy atom. The molecule has 1 heterocycles. The maximum atomic E-state index is 6.00. The predicted octanol–water partition coefficient (Wildman–Crippen LogP) is 4.55. The predicted molar refractivity (Wildman–Crippen MR) is 103 cm³/mol. The minimum atomic E-state index is 0.557. The summed E-state index contributed by atoms with van der Waals surface area (Å²) in [4.78, 5) is 5.44. The minimum Gasteiger partial charge on any atom is -0.387 e. The zero-order chi connectivity index (χ0) is 16.6. The third-order valence-corrected chi connectivity index (χ3v) is 4.35. The third-order valence-electron chi connectivity index (χ3n) is 3.46. The summed E-state index contributed by atoms with van der Waals surface area (Å²) in [7, 11) is 0. The van der Waals surface area contributed by atoms with E-state index in [1.54, 1.807) is 11.3 Å². The first-order chi connectivity index (χ1) is 11.8. The lowest BCUT2D eigenvalue weighted by Crippen LogP contribution is -2.10. The Bertz CT molecular complexity index is 804. The largest absolute Gasteiger partial charge is 0.387 e. The number of hydrogen-bond acceptors (Lipinski definition) is 3. The van der Waals surface area contributed by atoms with Crippen molar-refractivity contribution in [2.24, 2.45) is 10.7 Å². The average Bonchev–Trinajstić information content (AvgIpc) is 3.16. The van der Waals surface area contributed by atoms with Crippen molar-refractivity contribution in [3.05, 3.63) is 94.3 Å². The Labute approximate surface area is 146 Å². The normalized spacial score (nSPS) is 11.8. The fraction of sp³-hybridized carbons (Fsp3) is 0.0500. The number of benzene rings is 2. The molecule has 3 nitrogen and oxygen atoms in total. The molecule has 0 bridgehead atoms. The summed E-state index contributed by atoms with van der Waals surface area (Å²) >= 11 is 1.59. The van der Waals surface area contributed by atoms with Crippen molar-refractivity contribution in [1.29, 1.82) is 0 Å². The van der Waals surface area contributed by atoms with Crippen LogP contribution in [-0.2, 0) is 6.54 Å². The molecule has 0 amide bonds. The van der Waals surface area contributed by atoms with Crippen LogP contribution in [0.4, 0.5) is 5.69 Å². The molecule has 0 saturated carbocycles. The maximum Gasteiger partial charge on any atom is 0.141 e. The first-order valence-corrected chi connectivity index (χ1v) is 8.61. The summed E-state index contributed by atoms with van der Waals surface area (Å²) in [5.74, 6) is 0.557. The minimum absolute atomic E-state index is 0.557. The van der Waals surface area contributed by atoms with Gasteiger partial charge in [-0.15, -0.1) is 11.3 Å². The standard InChI is InChI=1S/C20H19N3S/c21-20(19-7-4-14-24-19)23-18-10-8-17(9-11-18)15-22-13-12-16-5-2-1-3-6-16/h1-14,22H,15H2,(H2,21,23). The summed E-state index contributed by atoms with van der Waals surface area (Å²) in [5, 5.41) is 5.29. The van der Waals surface area contributed by atoms with Gasteiger partial charge in [0, 0.05) is 6.54 Å². The van der Waals surface area contributed by atoms with Crippen molar-refractivity contribution in [2.45, 2.75) is 6.54 Å². The van der Waals surface area contributed by atoms with E-state index >= 15 is 0 Å². The lowest BCUT2D eigenvalue weighted by molar-refractivity contribution is 0.874. The number of hydrogen-bond donors (Lipinski definition) is 2. The molecule has 2 aromatic carbocycles. The second-order valence-corrected chi connectivity index (χ2v) is 6.21. The third kappa shape index (κ3) is 4.57. The highest BCUT2D eigenvalue weighted by Gasteiger charge is 1.99. The second-order valence-electron chi connectivity index (χ2n) is 5.27. The van der Waals surface area contributed by atoms with Crippen LogP contribution in [0.15, 0.2) is 83.3 Å². The molecule has 0 saturated heterocycles. The monoisotopic (exact) mass is 333 g/mol. The Hall–Kier alpha value is -2.85. The highest BCUT2D eigenvalue weighted by molar-refractivity contribution is 7.12. The molecule has 0 aliphatic rings. The van der Waals surface area contributed by atoms with E-state index in [9.17, 15) is 0 Å². The summed E-state index contributed by atoms with van der Waals surface area (Å²) in [5.41, 5.74) is 9.24. The van der Waals surface area contributed by atoms with E-state index in [1.165, 1.54) is 11.1 Å². The molecule has 120 valence electrons. The SMILES string of the molecule is NC(=Nc1ccc(CNC=Cc2ccccc2)cc1)c1cccs1. The second kappa shape index (κ2) is 8.13. The van der Waals surface area contributed by atoms with Gasteiger partial charge in [-0.3, -0.25) is 0 Å². The van der Waals surface area contributed by atoms with Crippen molar-refractivity contribution < 1.29 is 0 Å². The molecular formula is C20H19N3S. The van der Waals surface area contributed by atoms with Crippen LogP contribution < -0.4 is 11.1 Å². The van der Waals surface area contributed by atoms with Gasteiger partial charge in [-0.05, 0) is 47.0 Å². The Morgan fingerprint density at radius 1 is 1.00 bits per heavy atom. The fourth-order valence-electron chi connectivity index (χ4n) is 2.20. The van der Waals surface area contributed by atoms with E-state index in [-0.39, 0.29) is 0 Å². The lowest BCUT2D eigenvalue weighted by atomic mass is 10.2. The number of nitrogens with two attached hydrogens (primary N) is 1. The molecule has 0 aliphatic heterocycles. The summed E-state index contributed by atoms with van der Waals surface area (Å²) < 4.78 is 0. The van der Waals surface area contributed by atoms with Gasteiger partial charge in [0.15, 0.2) is 0 Å². The van der Waals surface area contributed by atoms with Gasteiger partial charge in [0.25, 0.3) is 0 Å². The zero-order valence-corrected chi connectivity index (χ0v) is 14.0. The molecule has 0 atom stereocenters. The highest BCUT2D eigenvalue weighted by Crippen LogP contribution is 2.16. The zero-order valence-electron chi connectivity index (χ0n) is 13.2. The Kier molecular flexibility index (Phi) is 5.43. The van der Waals surface area contributed by atoms with Gasteiger partial charge in [-0.25, -0.2) is 4.99 Å². The van der Waals surface area contributed by atoms with Crippen molar-refractivity contribution in [3.8, 4) is 0 Å². The van der Waals surface area contributed by atoms with Gasteiger partial charge in [-0.2, -0.15) is 0 Å². The average molecular weight is 333 g/mol. The van der Waals surface area contributed by atoms with Crippen LogP contribution in [0.5, 0.6) is 0 Å². The van der Waals surface area contributed by atoms with Crippen molar-refractivity contribution in [3.63, 3.8) is 0 Å². The molecule has 3 aromatic rings. The van der Waals surface area contributed by atoms with E-state index in [0.29, 0.717) is 5.84 Å². The van der Waals surface area contributed by atoms with Gasteiger partial charge < -0.3 is 11.1 Å². The number of thiophene rings is 1. The summed E-state index contributed by atoms with van der Waals surface area (Å²) in [6.07, 6.45) is 4.02. The molecule has 0 radical (unpaired) electrons. The number of aliphatic imine (C=N–C) groups is 1. The molecule has 0 fully saturated rings. The van der Waals surface area contributed by atoms with Gasteiger partial charge in [0.05, 0.1) is 10.6 Å². The van der Waals surface area contributed by atoms with Crippen LogP contribution >= 0.6 is 11.3 Å². The molecule has 4 heteroatoms. The smallest absolute Gasteiger partial charge is 0.141 e. The van der Waals surface area contributed by atoms with Crippen LogP contribution in [-0.4, -0.2) is 5.84 Å². The van der Waals surface area contributed by atoms with E-state index in [1.807, 2.05) is 54.0 Å². The fourth-order valence-corrected chi connectivity index (χ4v) is 2.83. The molecule has 0 spiro atoms. The van der Waals surface area contributed by atoms with Crippen molar-refractivity contribution in [2.75, 3.05) is 0 Å². The Balaban J connectivity index is 1.55. The molecule has 1 aromatic heterocycles. The molecular weight excluding hydrogens is 314 g/mol. The van der Waals surface area contributed by atoms with Crippen molar-refractivity contribution in [1.82, 2.24) is 5.32 Å². The molecule has 3 rings (SSSR count). The molecule has 3 N–H and O–H groups in total. The molecule has 0 aliphatic carbocycles. The van der Waals surface area contributed by atoms with Crippen LogP contribution in [0.3, 0.4) is 0 Å². The molecule has 0 unspecified atom stereocenters. The lowest BCUT2D eigenvalue weighted by Gasteiger charge is -2.03. The molecule has 24 heavy (non-hydrogen) atoms. The topological polar surface area (TPSA) is 50.4 Å². The number of amidine groups is 1. The first kappa shape index (κ1) is 16.0. The quantitative estimate of drug-likeness (QED) is 0.514. The number of nitrogens with one attached hydrogen (secondary N) is 1. The highest BCUT2D eigenvalue weighted by atomic mass is 32.1. The van der Waals surface area contributed by atoms with E-state index in [2.05, 4.69) is 40.7 Å². The van der Waals surface area contributed by atoms with Gasteiger partial charge >= 0.3 is 0 Å². The van der Waals surface area contributed by atoms with Crippen molar-refractivity contribution >= 4 is 28.9 Å². The van der Waals surface area contributed by atoms with E-state index in [0.717, 1.165) is 17.1 Å². The van der Waals surface area contributed by atoms with Crippen LogP contribution in [0.1, 0.15) is 16.0 Å².